The van der Waals surface area contributed by atoms with Gasteiger partial charge in [0.2, 0.25) is 0 Å². The Morgan fingerprint density at radius 3 is 2.67 bits per heavy atom. The van der Waals surface area contributed by atoms with Crippen LogP contribution >= 0.6 is 0 Å². The maximum atomic E-state index is 12.8. The van der Waals surface area contributed by atoms with Crippen LogP contribution in [-0.2, 0) is 11.3 Å². The molecule has 0 unspecified atom stereocenters. The number of carbonyl (C=O) groups is 2. The number of hydrogen-bond donors (Lipinski definition) is 4. The second-order valence-corrected chi connectivity index (χ2v) is 3.53. The van der Waals surface area contributed by atoms with Gasteiger partial charge in [-0.25, -0.2) is 14.0 Å². The highest BCUT2D eigenvalue weighted by Gasteiger charge is 2.18. The third-order valence-electron chi connectivity index (χ3n) is 2.13. The molecule has 0 saturated carbocycles. The van der Waals surface area contributed by atoms with Gasteiger partial charge in [0.15, 0.2) is 6.04 Å². The predicted octanol–water partition coefficient (Wildman–Crippen LogP) is 0.0704. The molecule has 0 heterocycles. The minimum absolute atomic E-state index is 0.0569. The summed E-state index contributed by atoms with van der Waals surface area (Å²) in [6.07, 6.45) is 0. The van der Waals surface area contributed by atoms with E-state index in [0.717, 1.165) is 0 Å². The summed E-state index contributed by atoms with van der Waals surface area (Å²) in [6, 6.07) is 3.53. The van der Waals surface area contributed by atoms with E-state index in [4.69, 9.17) is 10.2 Å². The normalized spacial score (nSPS) is 11.7. The molecule has 98 valence electrons. The van der Waals surface area contributed by atoms with Gasteiger partial charge in [-0.15, -0.1) is 0 Å². The van der Waals surface area contributed by atoms with E-state index in [1.807, 2.05) is 0 Å². The second-order valence-electron chi connectivity index (χ2n) is 3.53. The fourth-order valence-corrected chi connectivity index (χ4v) is 1.22. The SMILES string of the molecule is O=C(NCc1cccc(F)c1)N[C@@H](CO)C(=O)O. The molecule has 1 rings (SSSR count). The van der Waals surface area contributed by atoms with Crippen LogP contribution in [0.5, 0.6) is 0 Å². The summed E-state index contributed by atoms with van der Waals surface area (Å²) >= 11 is 0. The summed E-state index contributed by atoms with van der Waals surface area (Å²) in [5.74, 6) is -1.76. The fourth-order valence-electron chi connectivity index (χ4n) is 1.22. The number of benzene rings is 1. The summed E-state index contributed by atoms with van der Waals surface area (Å²) < 4.78 is 12.8. The first-order chi connectivity index (χ1) is 8.52. The van der Waals surface area contributed by atoms with Gasteiger partial charge in [-0.05, 0) is 17.7 Å². The van der Waals surface area contributed by atoms with Gasteiger partial charge in [0, 0.05) is 6.54 Å². The lowest BCUT2D eigenvalue weighted by atomic mass is 10.2. The van der Waals surface area contributed by atoms with Crippen molar-refractivity contribution in [1.82, 2.24) is 10.6 Å². The van der Waals surface area contributed by atoms with Gasteiger partial charge < -0.3 is 20.8 Å². The molecule has 18 heavy (non-hydrogen) atoms. The number of aliphatic carboxylic acids is 1. The van der Waals surface area contributed by atoms with E-state index in [-0.39, 0.29) is 6.54 Å². The number of nitrogens with one attached hydrogen (secondary N) is 2. The molecule has 1 aromatic rings. The third-order valence-corrected chi connectivity index (χ3v) is 2.13. The van der Waals surface area contributed by atoms with Gasteiger partial charge in [-0.3, -0.25) is 0 Å². The smallest absolute Gasteiger partial charge is 0.328 e. The van der Waals surface area contributed by atoms with Crippen LogP contribution in [0.15, 0.2) is 24.3 Å². The number of carbonyl (C=O) groups excluding carboxylic acids is 1. The molecule has 0 aromatic heterocycles. The van der Waals surface area contributed by atoms with Gasteiger partial charge in [-0.2, -0.15) is 0 Å². The van der Waals surface area contributed by atoms with Crippen molar-refractivity contribution in [3.63, 3.8) is 0 Å². The van der Waals surface area contributed by atoms with Crippen LogP contribution in [0, 0.1) is 5.82 Å². The lowest BCUT2D eigenvalue weighted by molar-refractivity contribution is -0.140. The van der Waals surface area contributed by atoms with Crippen LogP contribution in [0.4, 0.5) is 9.18 Å². The third kappa shape index (κ3) is 4.38. The summed E-state index contributed by atoms with van der Waals surface area (Å²) in [4.78, 5) is 21.8. The maximum absolute atomic E-state index is 12.8. The Bertz CT molecular complexity index is 439. The topological polar surface area (TPSA) is 98.7 Å². The molecule has 2 amide bonds. The van der Waals surface area contributed by atoms with Gasteiger partial charge in [0.1, 0.15) is 5.82 Å². The molecule has 0 bridgehead atoms. The number of hydrogen-bond acceptors (Lipinski definition) is 3. The quantitative estimate of drug-likeness (QED) is 0.599. The number of aliphatic hydroxyl groups excluding tert-OH is 1. The number of halogens is 1. The molecule has 0 fully saturated rings. The average Bonchev–Trinajstić information content (AvgIpc) is 2.33. The lowest BCUT2D eigenvalue weighted by Crippen LogP contribution is -2.47. The zero-order valence-electron chi connectivity index (χ0n) is 9.39. The van der Waals surface area contributed by atoms with E-state index in [2.05, 4.69) is 10.6 Å². The largest absolute Gasteiger partial charge is 0.480 e. The van der Waals surface area contributed by atoms with Gasteiger partial charge >= 0.3 is 12.0 Å². The van der Waals surface area contributed by atoms with Crippen LogP contribution in [0.2, 0.25) is 0 Å². The lowest BCUT2D eigenvalue weighted by Gasteiger charge is -2.12. The van der Waals surface area contributed by atoms with E-state index < -0.39 is 30.5 Å². The molecule has 7 heteroatoms. The molecule has 0 aliphatic heterocycles. The summed E-state index contributed by atoms with van der Waals surface area (Å²) in [7, 11) is 0. The number of urea groups is 1. The first kappa shape index (κ1) is 13.9. The molecule has 0 saturated heterocycles. The molecule has 1 aromatic carbocycles. The van der Waals surface area contributed by atoms with Crippen molar-refractivity contribution < 1.29 is 24.2 Å². The Morgan fingerprint density at radius 2 is 2.11 bits per heavy atom. The predicted molar refractivity (Wildman–Crippen MR) is 60.3 cm³/mol. The number of amides is 2. The zero-order chi connectivity index (χ0) is 13.5. The van der Waals surface area contributed by atoms with Gasteiger partial charge in [-0.1, -0.05) is 12.1 Å². The van der Waals surface area contributed by atoms with Crippen molar-refractivity contribution in [2.24, 2.45) is 0 Å². The highest BCUT2D eigenvalue weighted by atomic mass is 19.1. The molecule has 0 spiro atoms. The maximum Gasteiger partial charge on any atom is 0.328 e. The van der Waals surface area contributed by atoms with E-state index in [1.165, 1.54) is 18.2 Å². The van der Waals surface area contributed by atoms with Crippen molar-refractivity contribution in [3.8, 4) is 0 Å². The van der Waals surface area contributed by atoms with Crippen molar-refractivity contribution in [3.05, 3.63) is 35.6 Å². The van der Waals surface area contributed by atoms with Crippen LogP contribution in [0.25, 0.3) is 0 Å². The van der Waals surface area contributed by atoms with Crippen molar-refractivity contribution in [2.45, 2.75) is 12.6 Å². The van der Waals surface area contributed by atoms with Gasteiger partial charge in [0.25, 0.3) is 0 Å². The van der Waals surface area contributed by atoms with Crippen LogP contribution in [0.3, 0.4) is 0 Å². The Labute approximate surface area is 102 Å². The standard InChI is InChI=1S/C11H13FN2O4/c12-8-3-1-2-7(4-8)5-13-11(18)14-9(6-15)10(16)17/h1-4,9,15H,5-6H2,(H,16,17)(H2,13,14,18)/t9-/m0/s1. The number of carboxylic acid groups (broad SMARTS) is 1. The second kappa shape index (κ2) is 6.55. The van der Waals surface area contributed by atoms with Crippen molar-refractivity contribution >= 4 is 12.0 Å². The van der Waals surface area contributed by atoms with Crippen LogP contribution in [-0.4, -0.2) is 34.9 Å². The molecular formula is C11H13FN2O4. The number of aliphatic hydroxyl groups is 1. The number of rotatable bonds is 5. The average molecular weight is 256 g/mol. The molecule has 0 radical (unpaired) electrons. The van der Waals surface area contributed by atoms with Crippen molar-refractivity contribution in [1.29, 1.82) is 0 Å². The highest BCUT2D eigenvalue weighted by Crippen LogP contribution is 2.02. The Kier molecular flexibility index (Phi) is 5.06. The van der Waals surface area contributed by atoms with Crippen molar-refractivity contribution in [2.75, 3.05) is 6.61 Å². The Balaban J connectivity index is 2.44. The van der Waals surface area contributed by atoms with Crippen LogP contribution < -0.4 is 10.6 Å². The van der Waals surface area contributed by atoms with Crippen LogP contribution in [0.1, 0.15) is 5.56 Å². The first-order valence-electron chi connectivity index (χ1n) is 5.15. The number of carboxylic acids is 1. The van der Waals surface area contributed by atoms with Gasteiger partial charge in [0.05, 0.1) is 6.61 Å². The van der Waals surface area contributed by atoms with E-state index in [1.54, 1.807) is 6.07 Å². The summed E-state index contributed by atoms with van der Waals surface area (Å²) in [5.41, 5.74) is 0.543. The molecule has 1 atom stereocenters. The van der Waals surface area contributed by atoms with E-state index >= 15 is 0 Å². The minimum Gasteiger partial charge on any atom is -0.480 e. The van der Waals surface area contributed by atoms with E-state index in [9.17, 15) is 14.0 Å². The molecule has 0 aliphatic rings. The zero-order valence-corrected chi connectivity index (χ0v) is 9.39. The monoisotopic (exact) mass is 256 g/mol. The minimum atomic E-state index is -1.36. The summed E-state index contributed by atoms with van der Waals surface area (Å²) in [5, 5.41) is 21.7. The van der Waals surface area contributed by atoms with E-state index in [0.29, 0.717) is 5.56 Å². The molecule has 6 nitrogen and oxygen atoms in total. The first-order valence-corrected chi connectivity index (χ1v) is 5.15. The molecule has 4 N–H and O–H groups in total. The fraction of sp³-hybridized carbons (Fsp3) is 0.273. The molecule has 0 aliphatic carbocycles. The molecular weight excluding hydrogens is 243 g/mol. The Hall–Kier alpha value is -2.15. The highest BCUT2D eigenvalue weighted by molar-refractivity contribution is 5.82. The summed E-state index contributed by atoms with van der Waals surface area (Å²) in [6.45, 7) is -0.649. The Morgan fingerprint density at radius 1 is 1.39 bits per heavy atom.